The summed E-state index contributed by atoms with van der Waals surface area (Å²) in [4.78, 5) is 20.0. The molecule has 0 spiro atoms. The minimum absolute atomic E-state index is 0.238. The monoisotopic (exact) mass is 435 g/mol. The van der Waals surface area contributed by atoms with E-state index in [1.807, 2.05) is 36.4 Å². The smallest absolute Gasteiger partial charge is 0.277 e. The van der Waals surface area contributed by atoms with Crippen molar-refractivity contribution in [3.05, 3.63) is 103 Å². The van der Waals surface area contributed by atoms with Gasteiger partial charge in [-0.2, -0.15) is 0 Å². The van der Waals surface area contributed by atoms with Crippen molar-refractivity contribution < 1.29 is 4.79 Å². The van der Waals surface area contributed by atoms with Crippen molar-refractivity contribution in [1.82, 2.24) is 4.57 Å². The molecule has 4 nitrogen and oxygen atoms in total. The highest BCUT2D eigenvalue weighted by molar-refractivity contribution is 6.50. The molecule has 0 radical (unpaired) electrons. The van der Waals surface area contributed by atoms with Crippen LogP contribution in [0.2, 0.25) is 0 Å². The van der Waals surface area contributed by atoms with Gasteiger partial charge in [0.05, 0.1) is 5.69 Å². The number of carbonyl (C=O) groups excluding carboxylic acids is 1. The summed E-state index contributed by atoms with van der Waals surface area (Å²) >= 11 is 0. The Kier molecular flexibility index (Phi) is 6.55. The van der Waals surface area contributed by atoms with Crippen molar-refractivity contribution in [1.29, 1.82) is 0 Å². The molecule has 0 aliphatic heterocycles. The van der Waals surface area contributed by atoms with E-state index in [1.165, 1.54) is 16.8 Å². The Bertz CT molecular complexity index is 1290. The van der Waals surface area contributed by atoms with E-state index in [0.29, 0.717) is 17.8 Å². The lowest BCUT2D eigenvalue weighted by atomic mass is 10.1. The third kappa shape index (κ3) is 4.37. The van der Waals surface area contributed by atoms with E-state index in [0.717, 1.165) is 30.3 Å². The molecule has 166 valence electrons. The van der Waals surface area contributed by atoms with E-state index >= 15 is 0 Å². The van der Waals surface area contributed by atoms with Gasteiger partial charge in [0.2, 0.25) is 0 Å². The molecule has 1 aliphatic carbocycles. The molecule has 1 aromatic heterocycles. The number of benzene rings is 2. The highest BCUT2D eigenvalue weighted by Crippen LogP contribution is 2.33. The first-order chi connectivity index (χ1) is 16.0. The molecule has 1 heterocycles. The zero-order valence-electron chi connectivity index (χ0n) is 19.1. The number of hydrogen-bond donors (Lipinski definition) is 0. The van der Waals surface area contributed by atoms with Gasteiger partial charge in [0.25, 0.3) is 5.91 Å². The molecule has 4 rings (SSSR count). The van der Waals surface area contributed by atoms with E-state index in [4.69, 9.17) is 4.99 Å². The molecular weight excluding hydrogens is 406 g/mol. The Labute approximate surface area is 195 Å². The van der Waals surface area contributed by atoms with Gasteiger partial charge in [-0.3, -0.25) is 4.79 Å². The zero-order valence-corrected chi connectivity index (χ0v) is 19.1. The van der Waals surface area contributed by atoms with Crippen LogP contribution in [0.25, 0.3) is 17.0 Å². The number of rotatable bonds is 7. The summed E-state index contributed by atoms with van der Waals surface area (Å²) in [6, 6.07) is 15.6. The number of fused-ring (bicyclic) bond motifs is 3. The van der Waals surface area contributed by atoms with Gasteiger partial charge in [0, 0.05) is 41.4 Å². The summed E-state index contributed by atoms with van der Waals surface area (Å²) in [5.41, 5.74) is 6.00. The second-order valence-electron chi connectivity index (χ2n) is 8.15. The van der Waals surface area contributed by atoms with Crippen LogP contribution in [0.5, 0.6) is 0 Å². The average molecular weight is 436 g/mol. The fraction of sp³-hybridized carbons (Fsp3) is 0.172. The van der Waals surface area contributed by atoms with Gasteiger partial charge in [0.15, 0.2) is 0 Å². The second-order valence-corrected chi connectivity index (χ2v) is 8.15. The molecule has 1 aliphatic rings. The number of anilines is 1. The topological polar surface area (TPSA) is 37.6 Å². The normalized spacial score (nSPS) is 13.3. The third-order valence-corrected chi connectivity index (χ3v) is 6.04. The molecule has 2 aromatic carbocycles. The van der Waals surface area contributed by atoms with Crippen molar-refractivity contribution >= 4 is 40.0 Å². The van der Waals surface area contributed by atoms with Gasteiger partial charge >= 0.3 is 0 Å². The molecule has 0 unspecified atom stereocenters. The molecule has 1 amide bonds. The summed E-state index contributed by atoms with van der Waals surface area (Å²) in [6.07, 6.45) is 11.0. The van der Waals surface area contributed by atoms with Crippen molar-refractivity contribution in [3.8, 4) is 0 Å². The number of aryl methyl sites for hydroxylation is 1. The predicted molar refractivity (Wildman–Crippen MR) is 140 cm³/mol. The van der Waals surface area contributed by atoms with Crippen LogP contribution < -0.4 is 4.90 Å². The lowest BCUT2D eigenvalue weighted by Gasteiger charge is -2.22. The molecule has 0 N–H and O–H groups in total. The number of nitrogens with zero attached hydrogens (tertiary/aromatic N) is 3. The highest BCUT2D eigenvalue weighted by atomic mass is 16.2. The van der Waals surface area contributed by atoms with E-state index in [9.17, 15) is 4.79 Å². The van der Waals surface area contributed by atoms with Gasteiger partial charge in [-0.25, -0.2) is 4.99 Å². The summed E-state index contributed by atoms with van der Waals surface area (Å²) < 4.78 is 2.27. The van der Waals surface area contributed by atoms with Crippen LogP contribution in [0, 0.1) is 0 Å². The van der Waals surface area contributed by atoms with Crippen LogP contribution in [0.3, 0.4) is 0 Å². The van der Waals surface area contributed by atoms with E-state index < -0.39 is 0 Å². The number of aromatic nitrogens is 1. The summed E-state index contributed by atoms with van der Waals surface area (Å²) in [5, 5.41) is 1.15. The third-order valence-electron chi connectivity index (χ3n) is 6.04. The number of carbonyl (C=O) groups is 1. The summed E-state index contributed by atoms with van der Waals surface area (Å²) in [5.74, 6) is -0.238. The lowest BCUT2D eigenvalue weighted by Crippen LogP contribution is -2.37. The van der Waals surface area contributed by atoms with Gasteiger partial charge in [-0.1, -0.05) is 55.7 Å². The van der Waals surface area contributed by atoms with Crippen molar-refractivity contribution in [2.75, 3.05) is 11.4 Å². The van der Waals surface area contributed by atoms with Gasteiger partial charge < -0.3 is 9.47 Å². The maximum Gasteiger partial charge on any atom is 0.277 e. The van der Waals surface area contributed by atoms with Crippen molar-refractivity contribution in [2.24, 2.45) is 12.0 Å². The van der Waals surface area contributed by atoms with Crippen molar-refractivity contribution in [2.45, 2.75) is 19.3 Å². The molecule has 0 saturated heterocycles. The first-order valence-corrected chi connectivity index (χ1v) is 11.2. The van der Waals surface area contributed by atoms with Gasteiger partial charge in [0.1, 0.15) is 5.71 Å². The van der Waals surface area contributed by atoms with Crippen LogP contribution in [-0.4, -0.2) is 22.7 Å². The van der Waals surface area contributed by atoms with Gasteiger partial charge in [-0.15, -0.1) is 6.58 Å². The maximum absolute atomic E-state index is 13.6. The number of allylic oxidation sites excluding steroid dienone is 2. The highest BCUT2D eigenvalue weighted by Gasteiger charge is 2.22. The Morgan fingerprint density at radius 3 is 2.70 bits per heavy atom. The quantitative estimate of drug-likeness (QED) is 0.235. The van der Waals surface area contributed by atoms with Gasteiger partial charge in [-0.05, 0) is 55.2 Å². The van der Waals surface area contributed by atoms with E-state index in [-0.39, 0.29) is 11.6 Å². The first-order valence-electron chi connectivity index (χ1n) is 11.2. The molecule has 0 saturated carbocycles. The minimum Gasteiger partial charge on any atom is -0.347 e. The molecule has 0 atom stereocenters. The molecule has 33 heavy (non-hydrogen) atoms. The molecule has 0 bridgehead atoms. The molecule has 0 fully saturated rings. The van der Waals surface area contributed by atoms with Crippen LogP contribution in [0.15, 0.2) is 97.1 Å². The number of amides is 1. The maximum atomic E-state index is 13.6. The Morgan fingerprint density at radius 1 is 1.18 bits per heavy atom. The molecule has 4 heteroatoms. The second kappa shape index (κ2) is 9.70. The van der Waals surface area contributed by atoms with E-state index in [1.54, 1.807) is 17.1 Å². The minimum atomic E-state index is -0.238. The fourth-order valence-corrected chi connectivity index (χ4v) is 4.31. The predicted octanol–water partition coefficient (Wildman–Crippen LogP) is 6.56. The van der Waals surface area contributed by atoms with Crippen LogP contribution in [0.4, 0.5) is 11.4 Å². The number of hydrogen-bond acceptors (Lipinski definition) is 2. The first kappa shape index (κ1) is 22.3. The van der Waals surface area contributed by atoms with E-state index in [2.05, 4.69) is 55.6 Å². The Morgan fingerprint density at radius 2 is 1.97 bits per heavy atom. The Hall–Kier alpha value is -3.92. The summed E-state index contributed by atoms with van der Waals surface area (Å²) in [7, 11) is 2.12. The van der Waals surface area contributed by atoms with Crippen LogP contribution in [0.1, 0.15) is 24.1 Å². The largest absolute Gasteiger partial charge is 0.347 e. The molecule has 3 aromatic rings. The summed E-state index contributed by atoms with van der Waals surface area (Å²) in [6.45, 7) is 12.0. The number of para-hydroxylation sites is 1. The molecular formula is C29H29N3O. The SMILES string of the molecule is C=CCN(C(=O)C(=Nc1ccc2c(c1)c1c(n2C)CCCC=C1)C(=C)C=C)c1ccccc1. The average Bonchev–Trinajstić information content (AvgIpc) is 3.00. The number of aliphatic imine (C=N–C) groups is 1. The fourth-order valence-electron chi connectivity index (χ4n) is 4.31. The Balaban J connectivity index is 1.81. The zero-order chi connectivity index (χ0) is 23.4. The van der Waals surface area contributed by atoms with Crippen LogP contribution >= 0.6 is 0 Å². The van der Waals surface area contributed by atoms with Crippen LogP contribution in [-0.2, 0) is 18.3 Å². The standard InChI is InChI=1S/C29H29N3O/c1-5-19-32(23-13-9-7-10-14-23)29(33)28(21(3)6-2)30-22-17-18-27-25(20-22)24-15-11-8-12-16-26(24)31(27)4/h5-7,9-11,13-15,17-18,20H,1-3,8,12,16,19H2,4H3. The van der Waals surface area contributed by atoms with Crippen molar-refractivity contribution in [3.63, 3.8) is 0 Å². The lowest BCUT2D eigenvalue weighted by molar-refractivity contribution is -0.112.